The van der Waals surface area contributed by atoms with E-state index in [2.05, 4.69) is 9.97 Å². The van der Waals surface area contributed by atoms with Crippen molar-refractivity contribution in [2.75, 3.05) is 7.11 Å². The number of halogens is 3. The molecule has 0 bridgehead atoms. The molecule has 0 aliphatic heterocycles. The summed E-state index contributed by atoms with van der Waals surface area (Å²) in [4.78, 5) is 21.8. The van der Waals surface area contributed by atoms with Crippen LogP contribution in [0.2, 0.25) is 0 Å². The van der Waals surface area contributed by atoms with Gasteiger partial charge in [-0.15, -0.1) is 0 Å². The van der Waals surface area contributed by atoms with E-state index >= 15 is 0 Å². The van der Waals surface area contributed by atoms with Crippen molar-refractivity contribution in [1.82, 2.24) is 19.1 Å². The van der Waals surface area contributed by atoms with Crippen LogP contribution in [0.5, 0.6) is 5.88 Å². The third-order valence-electron chi connectivity index (χ3n) is 5.59. The molecule has 5 aromatic rings. The highest BCUT2D eigenvalue weighted by atomic mass is 19.4. The van der Waals surface area contributed by atoms with Crippen molar-refractivity contribution in [3.8, 4) is 22.7 Å². The molecule has 0 saturated heterocycles. The predicted octanol–water partition coefficient (Wildman–Crippen LogP) is 4.97. The summed E-state index contributed by atoms with van der Waals surface area (Å²) < 4.78 is 47.8. The molecule has 33 heavy (non-hydrogen) atoms. The van der Waals surface area contributed by atoms with Gasteiger partial charge in [-0.3, -0.25) is 14.1 Å². The highest BCUT2D eigenvalue weighted by Crippen LogP contribution is 2.33. The number of alkyl halides is 3. The van der Waals surface area contributed by atoms with E-state index in [1.807, 2.05) is 24.3 Å². The Kier molecular flexibility index (Phi) is 4.70. The number of aryl methyl sites for hydroxylation is 1. The Bertz CT molecular complexity index is 1570. The van der Waals surface area contributed by atoms with Crippen LogP contribution in [0, 0.1) is 0 Å². The second kappa shape index (κ2) is 7.47. The van der Waals surface area contributed by atoms with Crippen molar-refractivity contribution >= 4 is 21.9 Å². The molecular formula is C24H17F3N4O2. The molecule has 0 fully saturated rings. The van der Waals surface area contributed by atoms with Crippen LogP contribution < -0.4 is 10.4 Å². The number of imidazole rings is 1. The number of hydrogen-bond donors (Lipinski definition) is 0. The number of aromatic nitrogens is 4. The lowest BCUT2D eigenvalue weighted by Crippen LogP contribution is -2.21. The van der Waals surface area contributed by atoms with Gasteiger partial charge in [0.25, 0.3) is 0 Å². The van der Waals surface area contributed by atoms with Crippen molar-refractivity contribution in [1.29, 1.82) is 0 Å². The molecule has 5 rings (SSSR count). The third kappa shape index (κ3) is 3.42. The van der Waals surface area contributed by atoms with Gasteiger partial charge in [0.2, 0.25) is 5.88 Å². The van der Waals surface area contributed by atoms with E-state index in [1.54, 1.807) is 25.5 Å². The molecule has 2 aromatic carbocycles. The van der Waals surface area contributed by atoms with E-state index < -0.39 is 17.4 Å². The molecule has 0 saturated carbocycles. The van der Waals surface area contributed by atoms with Crippen LogP contribution in [-0.4, -0.2) is 26.2 Å². The van der Waals surface area contributed by atoms with Crippen LogP contribution in [0.15, 0.2) is 71.8 Å². The van der Waals surface area contributed by atoms with E-state index in [0.717, 1.165) is 23.3 Å². The van der Waals surface area contributed by atoms with Crippen LogP contribution in [0.4, 0.5) is 13.2 Å². The number of hydrogen-bond acceptors (Lipinski definition) is 4. The highest BCUT2D eigenvalue weighted by molar-refractivity contribution is 6.04. The maximum atomic E-state index is 13.3. The fraction of sp³-hybridized carbons (Fsp3) is 0.125. The Hall–Kier alpha value is -4.14. The monoisotopic (exact) mass is 450 g/mol. The fourth-order valence-corrected chi connectivity index (χ4v) is 3.91. The second-order valence-corrected chi connectivity index (χ2v) is 7.54. The molecule has 0 atom stereocenters. The molecule has 3 heterocycles. The summed E-state index contributed by atoms with van der Waals surface area (Å²) in [7, 11) is 3.10. The highest BCUT2D eigenvalue weighted by Gasteiger charge is 2.31. The van der Waals surface area contributed by atoms with E-state index in [-0.39, 0.29) is 5.69 Å². The number of pyridine rings is 2. The topological polar surface area (TPSA) is 61.9 Å². The molecule has 6 nitrogen and oxygen atoms in total. The number of ether oxygens (including phenoxy) is 1. The smallest absolute Gasteiger partial charge is 0.416 e. The molecule has 0 N–H and O–H groups in total. The standard InChI is InChI=1S/C24H17F3N4O2/c1-30-20-13-28-19-8-6-14(15-7-9-21(33-2)29-12-15)10-18(19)22(20)31(23(30)32)17-5-3-4-16(11-17)24(25,26)27/h3-13H,1-2H3. The fourth-order valence-electron chi connectivity index (χ4n) is 3.91. The van der Waals surface area contributed by atoms with Crippen LogP contribution in [-0.2, 0) is 13.2 Å². The summed E-state index contributed by atoms with van der Waals surface area (Å²) in [5.74, 6) is 0.477. The summed E-state index contributed by atoms with van der Waals surface area (Å²) in [6.45, 7) is 0. The summed E-state index contributed by atoms with van der Waals surface area (Å²) in [6, 6.07) is 13.9. The molecule has 9 heteroatoms. The van der Waals surface area contributed by atoms with Crippen LogP contribution in [0.3, 0.4) is 0 Å². The van der Waals surface area contributed by atoms with Gasteiger partial charge in [-0.05, 0) is 42.0 Å². The van der Waals surface area contributed by atoms with E-state index in [4.69, 9.17) is 4.74 Å². The summed E-state index contributed by atoms with van der Waals surface area (Å²) >= 11 is 0. The largest absolute Gasteiger partial charge is 0.481 e. The first-order valence-corrected chi connectivity index (χ1v) is 9.96. The van der Waals surface area contributed by atoms with Gasteiger partial charge in [0.15, 0.2) is 0 Å². The number of nitrogens with zero attached hydrogens (tertiary/aromatic N) is 4. The van der Waals surface area contributed by atoms with E-state index in [0.29, 0.717) is 27.8 Å². The zero-order valence-corrected chi connectivity index (χ0v) is 17.6. The minimum Gasteiger partial charge on any atom is -0.481 e. The van der Waals surface area contributed by atoms with Gasteiger partial charge in [0.05, 0.1) is 41.1 Å². The van der Waals surface area contributed by atoms with Crippen LogP contribution in [0.1, 0.15) is 5.56 Å². The Labute approximate surface area is 185 Å². The SMILES string of the molecule is COc1ccc(-c2ccc3ncc4c(c3c2)n(-c2cccc(C(F)(F)F)c2)c(=O)n4C)cn1. The average Bonchev–Trinajstić information content (AvgIpc) is 3.08. The number of fused-ring (bicyclic) bond motifs is 3. The Balaban J connectivity index is 1.81. The Morgan fingerprint density at radius 2 is 1.73 bits per heavy atom. The third-order valence-corrected chi connectivity index (χ3v) is 5.59. The van der Waals surface area contributed by atoms with Crippen LogP contribution in [0.25, 0.3) is 38.8 Å². The molecule has 3 aromatic heterocycles. The summed E-state index contributed by atoms with van der Waals surface area (Å²) in [5.41, 5.74) is 2.08. The maximum Gasteiger partial charge on any atom is 0.416 e. The summed E-state index contributed by atoms with van der Waals surface area (Å²) in [5, 5.41) is 0.635. The van der Waals surface area contributed by atoms with Gasteiger partial charge in [-0.2, -0.15) is 13.2 Å². The maximum absolute atomic E-state index is 13.3. The molecule has 0 spiro atoms. The molecule has 0 radical (unpaired) electrons. The molecule has 166 valence electrons. The zero-order valence-electron chi connectivity index (χ0n) is 17.6. The van der Waals surface area contributed by atoms with Gasteiger partial charge in [-0.25, -0.2) is 9.78 Å². The normalized spacial score (nSPS) is 11.9. The van der Waals surface area contributed by atoms with Crippen LogP contribution >= 0.6 is 0 Å². The first-order valence-electron chi connectivity index (χ1n) is 9.96. The second-order valence-electron chi connectivity index (χ2n) is 7.54. The Morgan fingerprint density at radius 1 is 0.939 bits per heavy atom. The number of methoxy groups -OCH3 is 1. The molecular weight excluding hydrogens is 433 g/mol. The van der Waals surface area contributed by atoms with Gasteiger partial charge in [-0.1, -0.05) is 12.1 Å². The molecule has 0 unspecified atom stereocenters. The quantitative estimate of drug-likeness (QED) is 0.390. The minimum atomic E-state index is -4.53. The van der Waals surface area contributed by atoms with Crippen molar-refractivity contribution in [2.45, 2.75) is 6.18 Å². The average molecular weight is 450 g/mol. The minimum absolute atomic E-state index is 0.129. The lowest BCUT2D eigenvalue weighted by atomic mass is 10.0. The molecule has 0 aliphatic rings. The summed E-state index contributed by atoms with van der Waals surface area (Å²) in [6.07, 6.45) is -1.31. The first kappa shape index (κ1) is 20.7. The van der Waals surface area contributed by atoms with E-state index in [9.17, 15) is 18.0 Å². The van der Waals surface area contributed by atoms with Gasteiger partial charge in [0.1, 0.15) is 0 Å². The first-order chi connectivity index (χ1) is 15.8. The van der Waals surface area contributed by atoms with E-state index in [1.165, 1.54) is 28.4 Å². The van der Waals surface area contributed by atoms with Crippen molar-refractivity contribution in [2.24, 2.45) is 7.05 Å². The van der Waals surface area contributed by atoms with Gasteiger partial charge in [0, 0.05) is 30.3 Å². The number of rotatable bonds is 3. The predicted molar refractivity (Wildman–Crippen MR) is 119 cm³/mol. The van der Waals surface area contributed by atoms with Gasteiger partial charge < -0.3 is 4.74 Å². The number of benzene rings is 2. The van der Waals surface area contributed by atoms with Crippen molar-refractivity contribution in [3.05, 3.63) is 83.0 Å². The molecule has 0 aliphatic carbocycles. The van der Waals surface area contributed by atoms with Gasteiger partial charge >= 0.3 is 11.9 Å². The van der Waals surface area contributed by atoms with Crippen molar-refractivity contribution in [3.63, 3.8) is 0 Å². The van der Waals surface area contributed by atoms with Crippen molar-refractivity contribution < 1.29 is 17.9 Å². The molecule has 0 amide bonds. The lowest BCUT2D eigenvalue weighted by molar-refractivity contribution is -0.137. The Morgan fingerprint density at radius 3 is 2.42 bits per heavy atom. The zero-order chi connectivity index (χ0) is 23.3. The lowest BCUT2D eigenvalue weighted by Gasteiger charge is -2.11.